The maximum absolute atomic E-state index is 12.6. The van der Waals surface area contributed by atoms with E-state index in [0.717, 1.165) is 60.9 Å². The van der Waals surface area contributed by atoms with E-state index >= 15 is 0 Å². The minimum Gasteiger partial charge on any atom is -0.369 e. The zero-order chi connectivity index (χ0) is 22.0. The molecule has 0 amide bonds. The highest BCUT2D eigenvalue weighted by Crippen LogP contribution is 2.28. The fraction of sp³-hybridized carbons (Fsp3) is 0.385. The van der Waals surface area contributed by atoms with Gasteiger partial charge in [0.05, 0.1) is 17.0 Å². The lowest BCUT2D eigenvalue weighted by Crippen LogP contribution is -2.47. The summed E-state index contributed by atoms with van der Waals surface area (Å²) in [6.45, 7) is 14.0. The van der Waals surface area contributed by atoms with Gasteiger partial charge in [-0.25, -0.2) is 0 Å². The summed E-state index contributed by atoms with van der Waals surface area (Å²) in [6.07, 6.45) is 0. The quantitative estimate of drug-likeness (QED) is 0.613. The van der Waals surface area contributed by atoms with E-state index in [1.165, 1.54) is 5.69 Å². The van der Waals surface area contributed by atoms with Crippen molar-refractivity contribution in [3.8, 4) is 11.3 Å². The molecule has 5 nitrogen and oxygen atoms in total. The van der Waals surface area contributed by atoms with Crippen molar-refractivity contribution in [3.63, 3.8) is 0 Å². The fourth-order valence-electron chi connectivity index (χ4n) is 4.40. The smallest absolute Gasteiger partial charge is 0.258 e. The number of aryl methyl sites for hydroxylation is 1. The van der Waals surface area contributed by atoms with Gasteiger partial charge in [0.1, 0.15) is 0 Å². The lowest BCUT2D eigenvalue weighted by molar-refractivity contribution is 0.231. The molecule has 1 saturated heterocycles. The molecule has 0 unspecified atom stereocenters. The Morgan fingerprint density at radius 1 is 1.06 bits per heavy atom. The number of fused-ring (bicyclic) bond motifs is 1. The number of aromatic nitrogens is 1. The molecular formula is C26H32N4O. The normalized spacial score (nSPS) is 15.8. The molecular weight excluding hydrogens is 384 g/mol. The summed E-state index contributed by atoms with van der Waals surface area (Å²) in [5.41, 5.74) is 6.29. The summed E-state index contributed by atoms with van der Waals surface area (Å²) in [5, 5.41) is 0. The first kappa shape index (κ1) is 21.3. The Kier molecular flexibility index (Phi) is 6.23. The molecule has 2 heterocycles. The van der Waals surface area contributed by atoms with Crippen LogP contribution in [-0.2, 0) is 0 Å². The summed E-state index contributed by atoms with van der Waals surface area (Å²) in [4.78, 5) is 25.5. The molecule has 1 aliphatic carbocycles. The maximum Gasteiger partial charge on any atom is 0.258 e. The molecule has 2 aliphatic heterocycles. The number of anilines is 1. The summed E-state index contributed by atoms with van der Waals surface area (Å²) in [6, 6.07) is 16.2. The van der Waals surface area contributed by atoms with Gasteiger partial charge in [0.2, 0.25) is 0 Å². The molecule has 3 aliphatic rings. The number of rotatable bonds is 5. The molecule has 0 aromatic heterocycles. The molecule has 31 heavy (non-hydrogen) atoms. The van der Waals surface area contributed by atoms with E-state index in [1.807, 2.05) is 37.3 Å². The van der Waals surface area contributed by atoms with E-state index in [-0.39, 0.29) is 5.56 Å². The number of aliphatic imine (C=N–C) groups is 1. The Morgan fingerprint density at radius 3 is 2.55 bits per heavy atom. The minimum atomic E-state index is -0.0856. The fourth-order valence-corrected chi connectivity index (χ4v) is 4.40. The van der Waals surface area contributed by atoms with Gasteiger partial charge < -0.3 is 9.88 Å². The SMILES string of the molecule is CC(=Nc1cc(N2CCN(CC(C)C)CC2)ccc1C)c1c2cccccc-2[nH]c1=O. The number of hydrogen-bond acceptors (Lipinski definition) is 4. The molecule has 1 fully saturated rings. The second kappa shape index (κ2) is 9.06. The van der Waals surface area contributed by atoms with Crippen LogP contribution in [0.3, 0.4) is 0 Å². The number of hydrogen-bond donors (Lipinski definition) is 1. The van der Waals surface area contributed by atoms with Crippen LogP contribution in [0.5, 0.6) is 0 Å². The lowest BCUT2D eigenvalue weighted by Gasteiger charge is -2.37. The van der Waals surface area contributed by atoms with E-state index in [0.29, 0.717) is 11.5 Å². The summed E-state index contributed by atoms with van der Waals surface area (Å²) >= 11 is 0. The number of H-pyrrole nitrogens is 1. The summed E-state index contributed by atoms with van der Waals surface area (Å²) < 4.78 is 0. The molecule has 1 aromatic carbocycles. The Morgan fingerprint density at radius 2 is 1.81 bits per heavy atom. The molecule has 1 aromatic rings. The van der Waals surface area contributed by atoms with Gasteiger partial charge in [-0.1, -0.05) is 44.2 Å². The average Bonchev–Trinajstić information content (AvgIpc) is 2.88. The highest BCUT2D eigenvalue weighted by molar-refractivity contribution is 6.05. The Labute approximate surface area is 184 Å². The van der Waals surface area contributed by atoms with Crippen LogP contribution in [0.2, 0.25) is 0 Å². The topological polar surface area (TPSA) is 51.7 Å². The highest BCUT2D eigenvalue weighted by atomic mass is 16.1. The van der Waals surface area contributed by atoms with Crippen LogP contribution in [0.4, 0.5) is 11.4 Å². The molecule has 1 N–H and O–H groups in total. The van der Waals surface area contributed by atoms with Crippen molar-refractivity contribution in [1.82, 2.24) is 9.88 Å². The van der Waals surface area contributed by atoms with Crippen LogP contribution in [0.1, 0.15) is 31.9 Å². The summed E-state index contributed by atoms with van der Waals surface area (Å²) in [7, 11) is 0. The third kappa shape index (κ3) is 4.72. The van der Waals surface area contributed by atoms with Crippen molar-refractivity contribution >= 4 is 17.1 Å². The monoisotopic (exact) mass is 416 g/mol. The molecule has 4 rings (SSSR count). The second-order valence-corrected chi connectivity index (χ2v) is 8.92. The lowest BCUT2D eigenvalue weighted by atomic mass is 10.1. The van der Waals surface area contributed by atoms with Gasteiger partial charge in [0, 0.05) is 49.7 Å². The molecule has 0 atom stereocenters. The summed E-state index contributed by atoms with van der Waals surface area (Å²) in [5.74, 6) is 0.701. The van der Waals surface area contributed by atoms with E-state index in [1.54, 1.807) is 0 Å². The third-order valence-corrected chi connectivity index (χ3v) is 5.99. The molecule has 0 spiro atoms. The van der Waals surface area contributed by atoms with Crippen LogP contribution in [0.15, 0.2) is 58.3 Å². The highest BCUT2D eigenvalue weighted by Gasteiger charge is 2.19. The molecule has 162 valence electrons. The van der Waals surface area contributed by atoms with Crippen molar-refractivity contribution in [2.24, 2.45) is 10.9 Å². The maximum atomic E-state index is 12.6. The largest absolute Gasteiger partial charge is 0.369 e. The zero-order valence-electron chi connectivity index (χ0n) is 19.0. The average molecular weight is 417 g/mol. The molecule has 0 saturated carbocycles. The van der Waals surface area contributed by atoms with Crippen LogP contribution < -0.4 is 10.5 Å². The first-order chi connectivity index (χ1) is 14.9. The van der Waals surface area contributed by atoms with Crippen LogP contribution in [-0.4, -0.2) is 48.3 Å². The van der Waals surface area contributed by atoms with E-state index in [9.17, 15) is 4.79 Å². The number of benzene rings is 1. The molecule has 5 heteroatoms. The van der Waals surface area contributed by atoms with E-state index in [4.69, 9.17) is 4.99 Å². The van der Waals surface area contributed by atoms with Crippen molar-refractivity contribution < 1.29 is 0 Å². The van der Waals surface area contributed by atoms with Gasteiger partial charge in [-0.2, -0.15) is 0 Å². The van der Waals surface area contributed by atoms with Gasteiger partial charge in [0.15, 0.2) is 0 Å². The van der Waals surface area contributed by atoms with Gasteiger partial charge in [0.25, 0.3) is 5.56 Å². The molecule has 0 bridgehead atoms. The van der Waals surface area contributed by atoms with E-state index < -0.39 is 0 Å². The third-order valence-electron chi connectivity index (χ3n) is 5.99. The minimum absolute atomic E-state index is 0.0856. The van der Waals surface area contributed by atoms with Crippen LogP contribution in [0.25, 0.3) is 11.3 Å². The van der Waals surface area contributed by atoms with Crippen LogP contribution >= 0.6 is 0 Å². The number of piperazine rings is 1. The predicted octanol–water partition coefficient (Wildman–Crippen LogP) is 4.71. The van der Waals surface area contributed by atoms with Gasteiger partial charge in [-0.05, 0) is 43.5 Å². The van der Waals surface area contributed by atoms with Gasteiger partial charge >= 0.3 is 0 Å². The Hall–Kier alpha value is -2.92. The Bertz CT molecular complexity index is 1110. The standard InChI is InChI=1S/C26H32N4O/c1-18(2)17-29-12-14-30(15-13-29)21-11-10-19(3)24(16-21)27-20(4)25-22-8-6-5-7-9-23(22)28-26(25)31/h5-11,16,18H,12-15,17H2,1-4H3,(H,28,31). The van der Waals surface area contributed by atoms with Gasteiger partial charge in [-0.3, -0.25) is 14.7 Å². The van der Waals surface area contributed by atoms with Crippen molar-refractivity contribution in [3.05, 3.63) is 70.0 Å². The number of nitrogens with one attached hydrogen (secondary N) is 1. The van der Waals surface area contributed by atoms with Crippen LogP contribution in [0, 0.1) is 12.8 Å². The van der Waals surface area contributed by atoms with Gasteiger partial charge in [-0.15, -0.1) is 0 Å². The first-order valence-corrected chi connectivity index (χ1v) is 11.2. The molecule has 0 radical (unpaired) electrons. The number of nitrogens with zero attached hydrogens (tertiary/aromatic N) is 3. The predicted molar refractivity (Wildman–Crippen MR) is 130 cm³/mol. The number of aromatic amines is 1. The van der Waals surface area contributed by atoms with Crippen molar-refractivity contribution in [2.75, 3.05) is 37.6 Å². The first-order valence-electron chi connectivity index (χ1n) is 11.2. The van der Waals surface area contributed by atoms with Crippen molar-refractivity contribution in [1.29, 1.82) is 0 Å². The van der Waals surface area contributed by atoms with Crippen molar-refractivity contribution in [2.45, 2.75) is 27.7 Å². The van der Waals surface area contributed by atoms with E-state index in [2.05, 4.69) is 53.8 Å². The second-order valence-electron chi connectivity index (χ2n) is 8.92. The zero-order valence-corrected chi connectivity index (χ0v) is 19.0. The Balaban J connectivity index is 1.60.